The van der Waals surface area contributed by atoms with Crippen LogP contribution in [0.4, 0.5) is 4.39 Å². The summed E-state index contributed by atoms with van der Waals surface area (Å²) in [5, 5.41) is 18.3. The summed E-state index contributed by atoms with van der Waals surface area (Å²) < 4.78 is 30.7. The highest BCUT2D eigenvalue weighted by atomic mass is 19.1. The summed E-state index contributed by atoms with van der Waals surface area (Å²) in [6, 6.07) is 17.4. The largest absolute Gasteiger partial charge is 0.493 e. The second kappa shape index (κ2) is 14.3. The summed E-state index contributed by atoms with van der Waals surface area (Å²) in [4.78, 5) is 42.4. The minimum Gasteiger partial charge on any atom is -0.493 e. The fourth-order valence-corrected chi connectivity index (χ4v) is 5.46. The standard InChI is InChI=1S/C33H34FN7O6/c1-45-28-13-8-23-17-29(28)46-20-30(42)35-18-21-4-11-25(12-5-21)47-27-14-16-40(19-26(27)36-33(23)44)31(43)3-2-15-41-38-32(37-39-41)22-6-9-24(34)10-7-22/h4-13,17,26-27H,2-3,14-16,18-20H2,1H3,(H,35,42)(H,36,44)/t26-,27+/m0/s1. The molecule has 47 heavy (non-hydrogen) atoms. The van der Waals surface area contributed by atoms with Crippen molar-refractivity contribution in [3.63, 3.8) is 0 Å². The zero-order valence-corrected chi connectivity index (χ0v) is 25.7. The molecule has 2 N–H and O–H groups in total. The number of piperidine rings is 1. The van der Waals surface area contributed by atoms with E-state index in [1.54, 1.807) is 29.2 Å². The first kappa shape index (κ1) is 31.5. The van der Waals surface area contributed by atoms with Gasteiger partial charge in [-0.15, -0.1) is 10.2 Å². The van der Waals surface area contributed by atoms with Gasteiger partial charge < -0.3 is 29.7 Å². The molecule has 7 rings (SSSR count). The van der Waals surface area contributed by atoms with Crippen molar-refractivity contribution in [3.05, 3.63) is 83.7 Å². The smallest absolute Gasteiger partial charge is 0.258 e. The third-order valence-corrected chi connectivity index (χ3v) is 8.01. The predicted octanol–water partition coefficient (Wildman–Crippen LogP) is 2.76. The van der Waals surface area contributed by atoms with Crippen LogP contribution in [-0.2, 0) is 22.7 Å². The number of hydrogen-bond acceptors (Lipinski definition) is 9. The number of hydrogen-bond donors (Lipinski definition) is 2. The Morgan fingerprint density at radius 3 is 2.64 bits per heavy atom. The number of ether oxygens (including phenoxy) is 3. The lowest BCUT2D eigenvalue weighted by molar-refractivity contribution is -0.133. The van der Waals surface area contributed by atoms with Crippen LogP contribution in [0, 0.1) is 5.82 Å². The molecule has 3 aromatic carbocycles. The van der Waals surface area contributed by atoms with Crippen LogP contribution in [0.1, 0.15) is 35.2 Å². The number of amides is 3. The van der Waals surface area contributed by atoms with Gasteiger partial charge in [0.2, 0.25) is 11.7 Å². The van der Waals surface area contributed by atoms with E-state index in [1.165, 1.54) is 30.1 Å². The SMILES string of the molecule is COc1ccc2cc1OCC(=O)NCc1ccc(cc1)O[C@@H]1CCN(C(=O)CCCn3nnc(-c4ccc(F)cc4)n3)C[C@@H]1NC2=O. The molecule has 0 radical (unpaired) electrons. The molecule has 3 amide bonds. The number of aryl methyl sites for hydroxylation is 1. The number of rotatable bonds is 6. The van der Waals surface area contributed by atoms with Gasteiger partial charge in [0.25, 0.3) is 11.8 Å². The monoisotopic (exact) mass is 643 g/mol. The number of carbonyl (C=O) groups excluding carboxylic acids is 3. The van der Waals surface area contributed by atoms with Crippen LogP contribution in [-0.4, -0.2) is 81.8 Å². The van der Waals surface area contributed by atoms with Crippen LogP contribution in [0.3, 0.4) is 0 Å². The van der Waals surface area contributed by atoms with Crippen molar-refractivity contribution in [1.29, 1.82) is 0 Å². The van der Waals surface area contributed by atoms with E-state index in [-0.39, 0.29) is 48.9 Å². The van der Waals surface area contributed by atoms with Crippen molar-refractivity contribution in [1.82, 2.24) is 35.7 Å². The van der Waals surface area contributed by atoms with E-state index >= 15 is 0 Å². The molecule has 1 fully saturated rings. The molecular weight excluding hydrogens is 609 g/mol. The molecule has 0 aliphatic carbocycles. The molecule has 244 valence electrons. The summed E-state index contributed by atoms with van der Waals surface area (Å²) in [6.07, 6.45) is 0.816. The van der Waals surface area contributed by atoms with Gasteiger partial charge in [0.1, 0.15) is 17.7 Å². The Balaban J connectivity index is 1.14. The highest BCUT2D eigenvalue weighted by molar-refractivity contribution is 5.95. The highest BCUT2D eigenvalue weighted by Crippen LogP contribution is 2.29. The van der Waals surface area contributed by atoms with Crippen LogP contribution in [0.2, 0.25) is 0 Å². The summed E-state index contributed by atoms with van der Waals surface area (Å²) in [7, 11) is 1.48. The quantitative estimate of drug-likeness (QED) is 0.323. The van der Waals surface area contributed by atoms with Gasteiger partial charge in [-0.3, -0.25) is 14.4 Å². The Kier molecular flexibility index (Phi) is 9.55. The molecule has 0 saturated carbocycles. The van der Waals surface area contributed by atoms with E-state index in [0.29, 0.717) is 60.9 Å². The molecule has 1 saturated heterocycles. The number of halogens is 1. The second-order valence-corrected chi connectivity index (χ2v) is 11.3. The van der Waals surface area contributed by atoms with E-state index in [4.69, 9.17) is 14.2 Å². The molecule has 4 heterocycles. The number of nitrogens with zero attached hydrogens (tertiary/aromatic N) is 5. The number of fused-ring (bicyclic) bond motifs is 7. The van der Waals surface area contributed by atoms with E-state index in [2.05, 4.69) is 26.0 Å². The van der Waals surface area contributed by atoms with Crippen LogP contribution < -0.4 is 24.8 Å². The lowest BCUT2D eigenvalue weighted by Crippen LogP contribution is -2.58. The number of likely N-dealkylation sites (tertiary alicyclic amines) is 1. The second-order valence-electron chi connectivity index (χ2n) is 11.3. The predicted molar refractivity (Wildman–Crippen MR) is 166 cm³/mol. The topological polar surface area (TPSA) is 150 Å². The van der Waals surface area contributed by atoms with Crippen LogP contribution in [0.5, 0.6) is 17.2 Å². The van der Waals surface area contributed by atoms with Crippen molar-refractivity contribution in [2.24, 2.45) is 0 Å². The van der Waals surface area contributed by atoms with E-state index in [9.17, 15) is 18.8 Å². The molecule has 3 aliphatic rings. The molecule has 14 heteroatoms. The van der Waals surface area contributed by atoms with Crippen molar-refractivity contribution in [2.45, 2.75) is 44.5 Å². The van der Waals surface area contributed by atoms with E-state index < -0.39 is 12.1 Å². The van der Waals surface area contributed by atoms with Crippen molar-refractivity contribution >= 4 is 17.7 Å². The first-order valence-electron chi connectivity index (χ1n) is 15.3. The molecule has 2 atom stereocenters. The Morgan fingerprint density at radius 2 is 1.85 bits per heavy atom. The normalized spacial score (nSPS) is 18.2. The van der Waals surface area contributed by atoms with E-state index in [0.717, 1.165) is 5.56 Å². The lowest BCUT2D eigenvalue weighted by Gasteiger charge is -2.39. The van der Waals surface area contributed by atoms with Crippen molar-refractivity contribution in [2.75, 3.05) is 26.8 Å². The Morgan fingerprint density at radius 1 is 1.06 bits per heavy atom. The third-order valence-electron chi connectivity index (χ3n) is 8.01. The van der Waals surface area contributed by atoms with Gasteiger partial charge in [0.15, 0.2) is 18.1 Å². The van der Waals surface area contributed by atoms with Crippen molar-refractivity contribution < 1.29 is 33.0 Å². The third kappa shape index (κ3) is 7.83. The maximum absolute atomic E-state index is 13.5. The average Bonchev–Trinajstić information content (AvgIpc) is 3.56. The van der Waals surface area contributed by atoms with Crippen LogP contribution in [0.15, 0.2) is 66.7 Å². The lowest BCUT2D eigenvalue weighted by atomic mass is 10.00. The first-order chi connectivity index (χ1) is 22.8. The maximum Gasteiger partial charge on any atom is 0.258 e. The number of benzene rings is 3. The number of tetrazole rings is 1. The van der Waals surface area contributed by atoms with Gasteiger partial charge in [-0.1, -0.05) is 12.1 Å². The Hall–Kier alpha value is -5.53. The van der Waals surface area contributed by atoms with Gasteiger partial charge in [-0.05, 0) is 71.8 Å². The zero-order valence-electron chi connectivity index (χ0n) is 25.7. The van der Waals surface area contributed by atoms with Gasteiger partial charge in [0, 0.05) is 43.6 Å². The van der Waals surface area contributed by atoms with Gasteiger partial charge in [0.05, 0.1) is 19.7 Å². The van der Waals surface area contributed by atoms with Crippen LogP contribution >= 0.6 is 0 Å². The van der Waals surface area contributed by atoms with Gasteiger partial charge >= 0.3 is 0 Å². The minimum absolute atomic E-state index is 0.0679. The van der Waals surface area contributed by atoms with Gasteiger partial charge in [-0.25, -0.2) is 4.39 Å². The number of methoxy groups -OCH3 is 1. The van der Waals surface area contributed by atoms with Crippen LogP contribution in [0.25, 0.3) is 11.4 Å². The zero-order chi connectivity index (χ0) is 32.8. The summed E-state index contributed by atoms with van der Waals surface area (Å²) >= 11 is 0. The average molecular weight is 644 g/mol. The highest BCUT2D eigenvalue weighted by Gasteiger charge is 2.34. The minimum atomic E-state index is -0.513. The molecule has 4 aromatic rings. The molecule has 4 bridgehead atoms. The van der Waals surface area contributed by atoms with Crippen molar-refractivity contribution in [3.8, 4) is 28.6 Å². The Bertz CT molecular complexity index is 1730. The molecule has 0 unspecified atom stereocenters. The number of nitrogens with one attached hydrogen (secondary N) is 2. The molecule has 1 aromatic heterocycles. The summed E-state index contributed by atoms with van der Waals surface area (Å²) in [5.74, 6) is 0.496. The fraction of sp³-hybridized carbons (Fsp3) is 0.333. The number of carbonyl (C=O) groups is 3. The maximum atomic E-state index is 13.5. The molecular formula is C33H34FN7O6. The fourth-order valence-electron chi connectivity index (χ4n) is 5.46. The summed E-state index contributed by atoms with van der Waals surface area (Å²) in [5.41, 5.74) is 1.83. The molecule has 3 aliphatic heterocycles. The molecule has 0 spiro atoms. The number of aromatic nitrogens is 4. The first-order valence-corrected chi connectivity index (χ1v) is 15.3. The Labute approximate surface area is 270 Å². The van der Waals surface area contributed by atoms with E-state index in [1.807, 2.05) is 24.3 Å². The van der Waals surface area contributed by atoms with Gasteiger partial charge in [-0.2, -0.15) is 4.80 Å². The molecule has 13 nitrogen and oxygen atoms in total. The summed E-state index contributed by atoms with van der Waals surface area (Å²) in [6.45, 7) is 1.13.